The third kappa shape index (κ3) is 5.53. The number of halogens is 3. The first-order valence-corrected chi connectivity index (χ1v) is 12.6. The first-order valence-electron chi connectivity index (χ1n) is 12.6. The topological polar surface area (TPSA) is 52.6 Å². The smallest absolute Gasteiger partial charge is 0.389 e. The molecule has 7 heteroatoms. The Hall–Kier alpha value is -1.27. The van der Waals surface area contributed by atoms with Crippen molar-refractivity contribution in [3.05, 3.63) is 0 Å². The second-order valence-electron chi connectivity index (χ2n) is 12.3. The lowest BCUT2D eigenvalue weighted by atomic mass is 9.47. The maximum atomic E-state index is 13.4. The summed E-state index contributed by atoms with van der Waals surface area (Å²) < 4.78 is 48.8. The first kappa shape index (κ1) is 26.3. The van der Waals surface area contributed by atoms with Gasteiger partial charge in [0.2, 0.25) is 0 Å². The molecule has 33 heavy (non-hydrogen) atoms. The van der Waals surface area contributed by atoms with E-state index in [0.717, 1.165) is 32.1 Å². The molecule has 0 amide bonds. The number of rotatable bonds is 9. The highest BCUT2D eigenvalue weighted by Crippen LogP contribution is 2.63. The SMILES string of the molecule is CCC(C)(C(=O)OC12CC3CC(C1)CC(C(=O)OCCCCCC(F)(F)F)(C3)C2)C(C)(C)C. The quantitative estimate of drug-likeness (QED) is 0.267. The van der Waals surface area contributed by atoms with Crippen molar-refractivity contribution in [2.75, 3.05) is 6.61 Å². The summed E-state index contributed by atoms with van der Waals surface area (Å²) in [5, 5.41) is 0. The summed E-state index contributed by atoms with van der Waals surface area (Å²) in [5.41, 5.74) is -2.08. The van der Waals surface area contributed by atoms with Gasteiger partial charge in [-0.2, -0.15) is 13.2 Å². The van der Waals surface area contributed by atoms with Crippen LogP contribution in [0, 0.1) is 28.1 Å². The van der Waals surface area contributed by atoms with Gasteiger partial charge in [0.25, 0.3) is 0 Å². The Kier molecular flexibility index (Phi) is 7.24. The molecule has 0 aromatic rings. The van der Waals surface area contributed by atoms with Crippen LogP contribution in [0.2, 0.25) is 0 Å². The number of hydrogen-bond acceptors (Lipinski definition) is 4. The van der Waals surface area contributed by atoms with Gasteiger partial charge in [-0.05, 0) is 82.0 Å². The summed E-state index contributed by atoms with van der Waals surface area (Å²) in [7, 11) is 0. The van der Waals surface area contributed by atoms with Crippen LogP contribution >= 0.6 is 0 Å². The van der Waals surface area contributed by atoms with Crippen molar-refractivity contribution in [3.63, 3.8) is 0 Å². The molecule has 190 valence electrons. The van der Waals surface area contributed by atoms with Crippen molar-refractivity contribution in [2.45, 2.75) is 117 Å². The second kappa shape index (κ2) is 9.07. The third-order valence-electron chi connectivity index (χ3n) is 8.90. The summed E-state index contributed by atoms with van der Waals surface area (Å²) in [4.78, 5) is 26.6. The lowest BCUT2D eigenvalue weighted by Crippen LogP contribution is -2.61. The standard InChI is InChI=1S/C26H41F3O4/c1-6-23(5,22(2,3)4)20(30)33-25-15-18-12-19(16-25)14-24(13-18,17-25)21(31)32-11-9-7-8-10-26(27,28)29/h18-19H,6-17H2,1-5H3. The summed E-state index contributed by atoms with van der Waals surface area (Å²) >= 11 is 0. The molecule has 0 N–H and O–H groups in total. The fraction of sp³-hybridized carbons (Fsp3) is 0.923. The minimum absolute atomic E-state index is 0.0549. The van der Waals surface area contributed by atoms with Gasteiger partial charge in [-0.3, -0.25) is 9.59 Å². The van der Waals surface area contributed by atoms with E-state index in [9.17, 15) is 22.8 Å². The fourth-order valence-electron chi connectivity index (χ4n) is 6.75. The minimum Gasteiger partial charge on any atom is -0.465 e. The van der Waals surface area contributed by atoms with Crippen molar-refractivity contribution < 1.29 is 32.2 Å². The molecule has 4 nitrogen and oxygen atoms in total. The van der Waals surface area contributed by atoms with Gasteiger partial charge in [0.05, 0.1) is 17.4 Å². The number of alkyl halides is 3. The van der Waals surface area contributed by atoms with Crippen LogP contribution in [0.15, 0.2) is 0 Å². The minimum atomic E-state index is -4.14. The number of ether oxygens (including phenoxy) is 2. The average Bonchev–Trinajstić information content (AvgIpc) is 2.66. The zero-order valence-electron chi connectivity index (χ0n) is 20.9. The van der Waals surface area contributed by atoms with Crippen LogP contribution in [0.5, 0.6) is 0 Å². The number of carbonyl (C=O) groups is 2. The summed E-state index contributed by atoms with van der Waals surface area (Å²) in [6.07, 6.45) is 1.35. The van der Waals surface area contributed by atoms with Crippen LogP contribution in [0.25, 0.3) is 0 Å². The van der Waals surface area contributed by atoms with Gasteiger partial charge in [0.15, 0.2) is 0 Å². The zero-order valence-corrected chi connectivity index (χ0v) is 20.9. The van der Waals surface area contributed by atoms with Gasteiger partial charge < -0.3 is 9.47 Å². The van der Waals surface area contributed by atoms with Crippen LogP contribution in [0.1, 0.15) is 105 Å². The lowest BCUT2D eigenvalue weighted by Gasteiger charge is -2.60. The summed E-state index contributed by atoms with van der Waals surface area (Å²) in [6.45, 7) is 10.3. The monoisotopic (exact) mass is 474 g/mol. The van der Waals surface area contributed by atoms with E-state index in [2.05, 4.69) is 20.8 Å². The van der Waals surface area contributed by atoms with Gasteiger partial charge in [0, 0.05) is 12.8 Å². The molecule has 4 aliphatic carbocycles. The van der Waals surface area contributed by atoms with Crippen LogP contribution in [0.4, 0.5) is 13.2 Å². The lowest BCUT2D eigenvalue weighted by molar-refractivity contribution is -0.221. The van der Waals surface area contributed by atoms with Gasteiger partial charge in [-0.1, -0.05) is 27.7 Å². The van der Waals surface area contributed by atoms with E-state index in [0.29, 0.717) is 37.5 Å². The molecule has 0 spiro atoms. The molecule has 0 aliphatic heterocycles. The van der Waals surface area contributed by atoms with E-state index in [1.54, 1.807) is 0 Å². The fourth-order valence-corrected chi connectivity index (χ4v) is 6.75. The molecule has 3 atom stereocenters. The second-order valence-corrected chi connectivity index (χ2v) is 12.3. The van der Waals surface area contributed by atoms with Crippen molar-refractivity contribution in [1.29, 1.82) is 0 Å². The van der Waals surface area contributed by atoms with E-state index in [1.165, 1.54) is 0 Å². The van der Waals surface area contributed by atoms with Crippen molar-refractivity contribution in [2.24, 2.45) is 28.1 Å². The largest absolute Gasteiger partial charge is 0.465 e. The van der Waals surface area contributed by atoms with Crippen LogP contribution in [-0.2, 0) is 19.1 Å². The molecule has 0 saturated heterocycles. The number of carbonyl (C=O) groups excluding carboxylic acids is 2. The predicted octanol–water partition coefficient (Wildman–Crippen LogP) is 7.00. The molecule has 0 radical (unpaired) electrons. The third-order valence-corrected chi connectivity index (χ3v) is 8.90. The Morgan fingerprint density at radius 2 is 1.55 bits per heavy atom. The molecule has 4 bridgehead atoms. The average molecular weight is 475 g/mol. The molecule has 0 aromatic carbocycles. The molecule has 4 rings (SSSR count). The Bertz CT molecular complexity index is 725. The maximum absolute atomic E-state index is 13.4. The first-order chi connectivity index (χ1) is 15.1. The van der Waals surface area contributed by atoms with Crippen molar-refractivity contribution in [3.8, 4) is 0 Å². The Labute approximate surface area is 196 Å². The number of esters is 2. The molecule has 0 heterocycles. The number of unbranched alkanes of at least 4 members (excludes halogenated alkanes) is 2. The van der Waals surface area contributed by atoms with Gasteiger partial charge in [-0.15, -0.1) is 0 Å². The highest BCUT2D eigenvalue weighted by Gasteiger charge is 2.63. The van der Waals surface area contributed by atoms with E-state index in [1.807, 2.05) is 13.8 Å². The molecule has 4 fully saturated rings. The summed E-state index contributed by atoms with van der Waals surface area (Å²) in [5.74, 6) is 0.274. The molecule has 0 aromatic heterocycles. The van der Waals surface area contributed by atoms with E-state index in [-0.39, 0.29) is 30.4 Å². The Morgan fingerprint density at radius 3 is 2.06 bits per heavy atom. The van der Waals surface area contributed by atoms with Gasteiger partial charge in [0.1, 0.15) is 5.60 Å². The van der Waals surface area contributed by atoms with E-state index in [4.69, 9.17) is 9.47 Å². The summed E-state index contributed by atoms with van der Waals surface area (Å²) in [6, 6.07) is 0. The predicted molar refractivity (Wildman–Crippen MR) is 119 cm³/mol. The van der Waals surface area contributed by atoms with Crippen molar-refractivity contribution >= 4 is 11.9 Å². The van der Waals surface area contributed by atoms with Crippen molar-refractivity contribution in [1.82, 2.24) is 0 Å². The molecular formula is C26H41F3O4. The molecule has 4 saturated carbocycles. The maximum Gasteiger partial charge on any atom is 0.389 e. The highest BCUT2D eigenvalue weighted by atomic mass is 19.4. The van der Waals surface area contributed by atoms with Crippen LogP contribution in [-0.4, -0.2) is 30.3 Å². The molecule has 3 unspecified atom stereocenters. The van der Waals surface area contributed by atoms with Gasteiger partial charge in [-0.25, -0.2) is 0 Å². The molecule has 4 aliphatic rings. The Balaban J connectivity index is 1.63. The van der Waals surface area contributed by atoms with E-state index >= 15 is 0 Å². The highest BCUT2D eigenvalue weighted by molar-refractivity contribution is 5.79. The van der Waals surface area contributed by atoms with Crippen LogP contribution < -0.4 is 0 Å². The molecular weight excluding hydrogens is 433 g/mol. The number of hydrogen-bond donors (Lipinski definition) is 0. The van der Waals surface area contributed by atoms with Gasteiger partial charge >= 0.3 is 18.1 Å². The Morgan fingerprint density at radius 1 is 0.939 bits per heavy atom. The van der Waals surface area contributed by atoms with E-state index < -0.39 is 29.0 Å². The normalized spacial score (nSPS) is 33.0. The zero-order chi connectivity index (χ0) is 24.7. The van der Waals surface area contributed by atoms with Crippen LogP contribution in [0.3, 0.4) is 0 Å².